The molecule has 2 saturated heterocycles. The fourth-order valence-corrected chi connectivity index (χ4v) is 5.51. The Morgan fingerprint density at radius 1 is 1.00 bits per heavy atom. The van der Waals surface area contributed by atoms with Crippen LogP contribution in [0.4, 0.5) is 15.8 Å². The van der Waals surface area contributed by atoms with Gasteiger partial charge in [-0.25, -0.2) is 12.8 Å². The van der Waals surface area contributed by atoms with Gasteiger partial charge < -0.3 is 15.0 Å². The van der Waals surface area contributed by atoms with E-state index in [1.165, 1.54) is 34.7 Å². The molecule has 176 valence electrons. The number of rotatable bonds is 6. The van der Waals surface area contributed by atoms with Crippen molar-refractivity contribution in [2.45, 2.75) is 24.2 Å². The van der Waals surface area contributed by atoms with Crippen LogP contribution < -0.4 is 10.2 Å². The highest BCUT2D eigenvalue weighted by Gasteiger charge is 2.28. The third-order valence-electron chi connectivity index (χ3n) is 5.81. The molecule has 4 rings (SSSR count). The minimum Gasteiger partial charge on any atom is -0.379 e. The predicted octanol–water partition coefficient (Wildman–Crippen LogP) is 3.49. The Morgan fingerprint density at radius 2 is 1.76 bits per heavy atom. The highest BCUT2D eigenvalue weighted by molar-refractivity contribution is 7.89. The number of hydrogen-bond donors (Lipinski definition) is 1. The Morgan fingerprint density at radius 3 is 2.48 bits per heavy atom. The second-order valence-corrected chi connectivity index (χ2v) is 10.1. The van der Waals surface area contributed by atoms with Gasteiger partial charge in [0, 0.05) is 32.3 Å². The normalized spacial score (nSPS) is 17.9. The zero-order chi connectivity index (χ0) is 23.3. The Labute approximate surface area is 193 Å². The highest BCUT2D eigenvalue weighted by Crippen LogP contribution is 2.32. The number of sulfonamides is 1. The lowest BCUT2D eigenvalue weighted by Crippen LogP contribution is -2.40. The minimum atomic E-state index is -3.70. The van der Waals surface area contributed by atoms with Gasteiger partial charge in [-0.2, -0.15) is 4.31 Å². The number of benzene rings is 2. The first-order chi connectivity index (χ1) is 15.9. The molecule has 0 spiro atoms. The number of carbonyl (C=O) groups is 1. The molecule has 2 aliphatic rings. The molecule has 9 heteroatoms. The summed E-state index contributed by atoms with van der Waals surface area (Å²) in [6, 6.07) is 10.8. The number of halogens is 1. The standard InChI is InChI=1S/C24H28FN3O4S/c25-20-6-4-5-19(17-20)7-10-24(29)26-22-18-21(33(30,31)28-13-15-32-16-14-28)8-9-23(22)27-11-2-1-3-12-27/h4-10,17-18H,1-3,11-16H2,(H,26,29)/b10-7+. The molecule has 2 aromatic carbocycles. The van der Waals surface area contributed by atoms with E-state index in [9.17, 15) is 17.6 Å². The van der Waals surface area contributed by atoms with Gasteiger partial charge in [-0.1, -0.05) is 12.1 Å². The molecule has 33 heavy (non-hydrogen) atoms. The first-order valence-electron chi connectivity index (χ1n) is 11.1. The van der Waals surface area contributed by atoms with E-state index >= 15 is 0 Å². The van der Waals surface area contributed by atoms with Crippen LogP contribution in [-0.2, 0) is 19.6 Å². The van der Waals surface area contributed by atoms with Crippen LogP contribution >= 0.6 is 0 Å². The van der Waals surface area contributed by atoms with Gasteiger partial charge in [0.15, 0.2) is 0 Å². The average Bonchev–Trinajstić information content (AvgIpc) is 2.84. The second kappa shape index (κ2) is 10.5. The molecule has 0 bridgehead atoms. The number of nitrogens with zero attached hydrogens (tertiary/aromatic N) is 2. The average molecular weight is 474 g/mol. The summed E-state index contributed by atoms with van der Waals surface area (Å²) >= 11 is 0. The largest absolute Gasteiger partial charge is 0.379 e. The summed E-state index contributed by atoms with van der Waals surface area (Å²) in [7, 11) is -3.70. The number of anilines is 2. The van der Waals surface area contributed by atoms with E-state index in [1.54, 1.807) is 24.3 Å². The lowest BCUT2D eigenvalue weighted by molar-refractivity contribution is -0.111. The molecule has 0 unspecified atom stereocenters. The topological polar surface area (TPSA) is 79.0 Å². The molecule has 2 aromatic rings. The molecular weight excluding hydrogens is 445 g/mol. The van der Waals surface area contributed by atoms with Crippen LogP contribution in [-0.4, -0.2) is 58.0 Å². The molecule has 2 heterocycles. The fourth-order valence-electron chi connectivity index (χ4n) is 4.08. The van der Waals surface area contributed by atoms with E-state index in [4.69, 9.17) is 4.74 Å². The van der Waals surface area contributed by atoms with Crippen LogP contribution in [0.25, 0.3) is 6.08 Å². The Kier molecular flexibility index (Phi) is 7.42. The number of morpholine rings is 1. The summed E-state index contributed by atoms with van der Waals surface area (Å²) in [6.45, 7) is 3.01. The van der Waals surface area contributed by atoms with Crippen molar-refractivity contribution in [3.63, 3.8) is 0 Å². The van der Waals surface area contributed by atoms with Gasteiger partial charge in [-0.05, 0) is 61.2 Å². The van der Waals surface area contributed by atoms with Crippen LogP contribution in [0.15, 0.2) is 53.4 Å². The van der Waals surface area contributed by atoms with Gasteiger partial charge in [0.1, 0.15) is 5.82 Å². The number of carbonyl (C=O) groups excluding carboxylic acids is 1. The maximum atomic E-state index is 13.4. The van der Waals surface area contributed by atoms with E-state index in [-0.39, 0.29) is 10.7 Å². The first kappa shape index (κ1) is 23.4. The van der Waals surface area contributed by atoms with Crippen molar-refractivity contribution < 1.29 is 22.3 Å². The third kappa shape index (κ3) is 5.79. The molecule has 2 fully saturated rings. The van der Waals surface area contributed by atoms with Gasteiger partial charge in [0.25, 0.3) is 0 Å². The maximum absolute atomic E-state index is 13.4. The fraction of sp³-hybridized carbons (Fsp3) is 0.375. The molecule has 1 N–H and O–H groups in total. The lowest BCUT2D eigenvalue weighted by Gasteiger charge is -2.31. The van der Waals surface area contributed by atoms with E-state index in [0.717, 1.165) is 38.0 Å². The van der Waals surface area contributed by atoms with E-state index < -0.39 is 15.9 Å². The molecule has 7 nitrogen and oxygen atoms in total. The second-order valence-electron chi connectivity index (χ2n) is 8.12. The van der Waals surface area contributed by atoms with Gasteiger partial charge in [0.2, 0.25) is 15.9 Å². The zero-order valence-corrected chi connectivity index (χ0v) is 19.2. The van der Waals surface area contributed by atoms with Gasteiger partial charge in [-0.3, -0.25) is 4.79 Å². The summed E-state index contributed by atoms with van der Waals surface area (Å²) in [6.07, 6.45) is 6.07. The Balaban J connectivity index is 1.61. The van der Waals surface area contributed by atoms with Gasteiger partial charge in [-0.15, -0.1) is 0 Å². The van der Waals surface area contributed by atoms with Crippen molar-refractivity contribution in [2.75, 3.05) is 49.6 Å². The molecule has 1 amide bonds. The summed E-state index contributed by atoms with van der Waals surface area (Å²) in [4.78, 5) is 15.0. The SMILES string of the molecule is O=C(/C=C/c1cccc(F)c1)Nc1cc(S(=O)(=O)N2CCOCC2)ccc1N1CCCCC1. The number of ether oxygens (including phenoxy) is 1. The van der Waals surface area contributed by atoms with E-state index in [1.807, 2.05) is 0 Å². The summed E-state index contributed by atoms with van der Waals surface area (Å²) in [5.74, 6) is -0.801. The lowest BCUT2D eigenvalue weighted by atomic mass is 10.1. The number of amides is 1. The maximum Gasteiger partial charge on any atom is 0.248 e. The Hall–Kier alpha value is -2.75. The van der Waals surface area contributed by atoms with Crippen LogP contribution in [0, 0.1) is 5.82 Å². The van der Waals surface area contributed by atoms with Crippen molar-refractivity contribution in [2.24, 2.45) is 0 Å². The van der Waals surface area contributed by atoms with Crippen molar-refractivity contribution in [3.05, 3.63) is 59.9 Å². The quantitative estimate of drug-likeness (QED) is 0.650. The molecule has 0 atom stereocenters. The molecule has 0 saturated carbocycles. The van der Waals surface area contributed by atoms with Crippen LogP contribution in [0.5, 0.6) is 0 Å². The zero-order valence-electron chi connectivity index (χ0n) is 18.4. The number of hydrogen-bond acceptors (Lipinski definition) is 5. The predicted molar refractivity (Wildman–Crippen MR) is 126 cm³/mol. The smallest absolute Gasteiger partial charge is 0.248 e. The van der Waals surface area contributed by atoms with E-state index in [2.05, 4.69) is 10.2 Å². The Bertz CT molecular complexity index is 1120. The monoisotopic (exact) mass is 473 g/mol. The van der Waals surface area contributed by atoms with Crippen LogP contribution in [0.1, 0.15) is 24.8 Å². The number of piperidine rings is 1. The summed E-state index contributed by atoms with van der Waals surface area (Å²) < 4.78 is 46.4. The van der Waals surface area contributed by atoms with Crippen molar-refractivity contribution in [1.82, 2.24) is 4.31 Å². The van der Waals surface area contributed by atoms with Crippen molar-refractivity contribution in [3.8, 4) is 0 Å². The number of nitrogens with one attached hydrogen (secondary N) is 1. The van der Waals surface area contributed by atoms with Crippen LogP contribution in [0.2, 0.25) is 0 Å². The molecule has 2 aliphatic heterocycles. The first-order valence-corrected chi connectivity index (χ1v) is 12.6. The molecule has 0 aromatic heterocycles. The molecule has 0 aliphatic carbocycles. The van der Waals surface area contributed by atoms with Crippen LogP contribution in [0.3, 0.4) is 0 Å². The van der Waals surface area contributed by atoms with E-state index in [0.29, 0.717) is 37.6 Å². The summed E-state index contributed by atoms with van der Waals surface area (Å²) in [5, 5.41) is 2.84. The minimum absolute atomic E-state index is 0.134. The highest BCUT2D eigenvalue weighted by atomic mass is 32.2. The van der Waals surface area contributed by atoms with Crippen molar-refractivity contribution in [1.29, 1.82) is 0 Å². The van der Waals surface area contributed by atoms with Gasteiger partial charge >= 0.3 is 0 Å². The third-order valence-corrected chi connectivity index (χ3v) is 7.70. The summed E-state index contributed by atoms with van der Waals surface area (Å²) in [5.41, 5.74) is 1.80. The van der Waals surface area contributed by atoms with Gasteiger partial charge in [0.05, 0.1) is 29.5 Å². The molecule has 0 radical (unpaired) electrons. The van der Waals surface area contributed by atoms with Crippen molar-refractivity contribution >= 4 is 33.4 Å². The molecular formula is C24H28FN3O4S.